The summed E-state index contributed by atoms with van der Waals surface area (Å²) in [6.07, 6.45) is 0. The molecule has 1 heterocycles. The van der Waals surface area contributed by atoms with Gasteiger partial charge in [0.1, 0.15) is 0 Å². The zero-order chi connectivity index (χ0) is 14.7. The highest BCUT2D eigenvalue weighted by Gasteiger charge is 2.20. The number of benzene rings is 1. The molecule has 2 rings (SSSR count). The largest absolute Gasteiger partial charge is 0.493 e. The van der Waals surface area contributed by atoms with E-state index in [1.807, 2.05) is 0 Å². The second-order valence-electron chi connectivity index (χ2n) is 3.79. The van der Waals surface area contributed by atoms with Gasteiger partial charge in [0.25, 0.3) is 0 Å². The lowest BCUT2D eigenvalue weighted by atomic mass is 10.1. The van der Waals surface area contributed by atoms with E-state index in [0.29, 0.717) is 21.5 Å². The van der Waals surface area contributed by atoms with E-state index in [9.17, 15) is 4.79 Å². The van der Waals surface area contributed by atoms with E-state index in [4.69, 9.17) is 19.9 Å². The number of hydrogen-bond donors (Lipinski definition) is 1. The van der Waals surface area contributed by atoms with E-state index in [2.05, 4.69) is 4.98 Å². The van der Waals surface area contributed by atoms with E-state index < -0.39 is 5.97 Å². The number of thiazole rings is 1. The molecule has 0 aliphatic rings. The van der Waals surface area contributed by atoms with Gasteiger partial charge in [-0.1, -0.05) is 11.3 Å². The molecule has 0 saturated heterocycles. The maximum atomic E-state index is 11.7. The number of rotatable bonds is 4. The van der Waals surface area contributed by atoms with Gasteiger partial charge in [0.2, 0.25) is 0 Å². The number of esters is 1. The number of hydrogen-bond acceptors (Lipinski definition) is 7. The average molecular weight is 294 g/mol. The smallest absolute Gasteiger partial charge is 0.358 e. The van der Waals surface area contributed by atoms with Gasteiger partial charge in [-0.15, -0.1) is 0 Å². The molecule has 7 heteroatoms. The molecule has 0 radical (unpaired) electrons. The van der Waals surface area contributed by atoms with E-state index in [0.717, 1.165) is 5.56 Å². The normalized spacial score (nSPS) is 10.2. The van der Waals surface area contributed by atoms with Crippen LogP contribution in [0.5, 0.6) is 11.5 Å². The van der Waals surface area contributed by atoms with Crippen LogP contribution >= 0.6 is 11.3 Å². The molecule has 0 bridgehead atoms. The summed E-state index contributed by atoms with van der Waals surface area (Å²) in [6.45, 7) is 0. The Morgan fingerprint density at radius 3 is 2.50 bits per heavy atom. The molecule has 0 saturated carbocycles. The predicted molar refractivity (Wildman–Crippen MR) is 76.4 cm³/mol. The fraction of sp³-hybridized carbons (Fsp3) is 0.231. The van der Waals surface area contributed by atoms with Crippen LogP contribution in [0.1, 0.15) is 10.5 Å². The number of methoxy groups -OCH3 is 3. The Labute approximate surface area is 120 Å². The van der Waals surface area contributed by atoms with Gasteiger partial charge in [0.05, 0.1) is 26.2 Å². The lowest BCUT2D eigenvalue weighted by Crippen LogP contribution is -2.03. The van der Waals surface area contributed by atoms with Crippen molar-refractivity contribution in [2.75, 3.05) is 27.1 Å². The third-order valence-corrected chi connectivity index (χ3v) is 3.60. The number of carbonyl (C=O) groups excluding carboxylic acids is 1. The van der Waals surface area contributed by atoms with Gasteiger partial charge in [0, 0.05) is 0 Å². The Bertz CT molecular complexity index is 639. The van der Waals surface area contributed by atoms with E-state index in [1.54, 1.807) is 32.4 Å². The molecule has 106 valence electrons. The van der Waals surface area contributed by atoms with Crippen LogP contribution in [0.15, 0.2) is 18.2 Å². The summed E-state index contributed by atoms with van der Waals surface area (Å²) in [5, 5.41) is 0.301. The Morgan fingerprint density at radius 1 is 1.20 bits per heavy atom. The third-order valence-electron chi connectivity index (χ3n) is 2.67. The number of ether oxygens (including phenoxy) is 3. The number of nitrogen functional groups attached to an aromatic ring is 1. The number of aromatic nitrogens is 1. The molecule has 1 aromatic carbocycles. The van der Waals surface area contributed by atoms with Crippen LogP contribution in [0, 0.1) is 0 Å². The minimum absolute atomic E-state index is 0.196. The maximum Gasteiger partial charge on any atom is 0.358 e. The molecule has 0 spiro atoms. The Kier molecular flexibility index (Phi) is 4.09. The second-order valence-corrected chi connectivity index (χ2v) is 4.82. The van der Waals surface area contributed by atoms with E-state index in [1.165, 1.54) is 18.4 Å². The van der Waals surface area contributed by atoms with Crippen molar-refractivity contribution in [1.82, 2.24) is 4.98 Å². The molecule has 0 fully saturated rings. The standard InChI is InChI=1S/C13H14N2O4S/c1-17-8-5-4-7(6-9(8)18-2)11-10(12(16)19-3)15-13(14)20-11/h4-6H,1-3H3,(H2,14,15). The van der Waals surface area contributed by atoms with Crippen LogP contribution in [0.3, 0.4) is 0 Å². The summed E-state index contributed by atoms with van der Waals surface area (Å²) in [6, 6.07) is 5.32. The molecule has 0 aliphatic heterocycles. The van der Waals surface area contributed by atoms with Gasteiger partial charge in [-0.25, -0.2) is 9.78 Å². The fourth-order valence-corrected chi connectivity index (χ4v) is 2.56. The summed E-state index contributed by atoms with van der Waals surface area (Å²) in [7, 11) is 4.40. The van der Waals surface area contributed by atoms with Gasteiger partial charge in [0.15, 0.2) is 22.3 Å². The highest BCUT2D eigenvalue weighted by molar-refractivity contribution is 7.19. The highest BCUT2D eigenvalue weighted by Crippen LogP contribution is 2.37. The molecule has 2 N–H and O–H groups in total. The van der Waals surface area contributed by atoms with Crippen molar-refractivity contribution >= 4 is 22.4 Å². The molecule has 0 aliphatic carbocycles. The summed E-state index contributed by atoms with van der Waals surface area (Å²) < 4.78 is 15.1. The van der Waals surface area contributed by atoms with Gasteiger partial charge in [-0.2, -0.15) is 0 Å². The maximum absolute atomic E-state index is 11.7. The van der Waals surface area contributed by atoms with Crippen molar-refractivity contribution in [3.05, 3.63) is 23.9 Å². The van der Waals surface area contributed by atoms with Crippen LogP contribution in [0.2, 0.25) is 0 Å². The monoisotopic (exact) mass is 294 g/mol. The lowest BCUT2D eigenvalue weighted by Gasteiger charge is -2.09. The second kappa shape index (κ2) is 5.79. The minimum Gasteiger partial charge on any atom is -0.493 e. The van der Waals surface area contributed by atoms with Gasteiger partial charge >= 0.3 is 5.97 Å². The van der Waals surface area contributed by atoms with Crippen LogP contribution < -0.4 is 15.2 Å². The topological polar surface area (TPSA) is 83.7 Å². The first-order valence-corrected chi connectivity index (χ1v) is 6.49. The first-order chi connectivity index (χ1) is 9.60. The fourth-order valence-electron chi connectivity index (χ4n) is 1.74. The molecular formula is C13H14N2O4S. The Morgan fingerprint density at radius 2 is 1.90 bits per heavy atom. The summed E-state index contributed by atoms with van der Waals surface area (Å²) in [5.74, 6) is 0.642. The highest BCUT2D eigenvalue weighted by atomic mass is 32.1. The Balaban J connectivity index is 2.54. The van der Waals surface area contributed by atoms with E-state index in [-0.39, 0.29) is 5.69 Å². The first kappa shape index (κ1) is 14.1. The van der Waals surface area contributed by atoms with Crippen LogP contribution in [-0.4, -0.2) is 32.3 Å². The molecule has 0 atom stereocenters. The van der Waals surface area contributed by atoms with E-state index >= 15 is 0 Å². The van der Waals surface area contributed by atoms with Crippen molar-refractivity contribution < 1.29 is 19.0 Å². The Hall–Kier alpha value is -2.28. The molecule has 0 amide bonds. The number of nitrogens with zero attached hydrogens (tertiary/aromatic N) is 1. The van der Waals surface area contributed by atoms with Crippen LogP contribution in [0.4, 0.5) is 5.13 Å². The summed E-state index contributed by atoms with van der Waals surface area (Å²) in [4.78, 5) is 16.3. The van der Waals surface area contributed by atoms with Gasteiger partial charge in [-0.3, -0.25) is 0 Å². The molecule has 20 heavy (non-hydrogen) atoms. The van der Waals surface area contributed by atoms with Crippen molar-refractivity contribution in [3.8, 4) is 21.9 Å². The average Bonchev–Trinajstić information content (AvgIpc) is 2.87. The third kappa shape index (κ3) is 2.53. The van der Waals surface area contributed by atoms with Crippen LogP contribution in [-0.2, 0) is 4.74 Å². The van der Waals surface area contributed by atoms with Crippen molar-refractivity contribution in [3.63, 3.8) is 0 Å². The van der Waals surface area contributed by atoms with Crippen LogP contribution in [0.25, 0.3) is 10.4 Å². The molecular weight excluding hydrogens is 280 g/mol. The van der Waals surface area contributed by atoms with Crippen molar-refractivity contribution in [2.45, 2.75) is 0 Å². The van der Waals surface area contributed by atoms with Crippen molar-refractivity contribution in [1.29, 1.82) is 0 Å². The zero-order valence-electron chi connectivity index (χ0n) is 11.3. The van der Waals surface area contributed by atoms with Gasteiger partial charge < -0.3 is 19.9 Å². The quantitative estimate of drug-likeness (QED) is 0.870. The minimum atomic E-state index is -0.525. The SMILES string of the molecule is COC(=O)c1nc(N)sc1-c1ccc(OC)c(OC)c1. The molecule has 6 nitrogen and oxygen atoms in total. The summed E-state index contributed by atoms with van der Waals surface area (Å²) in [5.41, 5.74) is 6.64. The molecule has 2 aromatic rings. The predicted octanol–water partition coefficient (Wildman–Crippen LogP) is 2.20. The van der Waals surface area contributed by atoms with Gasteiger partial charge in [-0.05, 0) is 23.8 Å². The molecule has 1 aromatic heterocycles. The zero-order valence-corrected chi connectivity index (χ0v) is 12.1. The lowest BCUT2D eigenvalue weighted by molar-refractivity contribution is 0.0596. The number of carbonyl (C=O) groups is 1. The number of anilines is 1. The molecule has 0 unspecified atom stereocenters. The first-order valence-electron chi connectivity index (χ1n) is 5.67. The number of nitrogens with two attached hydrogens (primary N) is 1. The summed E-state index contributed by atoms with van der Waals surface area (Å²) >= 11 is 1.21. The van der Waals surface area contributed by atoms with Crippen molar-refractivity contribution in [2.24, 2.45) is 0 Å².